The van der Waals surface area contributed by atoms with Gasteiger partial charge in [0.15, 0.2) is 0 Å². The van der Waals surface area contributed by atoms with Crippen LogP contribution < -0.4 is 5.56 Å². The van der Waals surface area contributed by atoms with E-state index in [2.05, 4.69) is 16.3 Å². The molecule has 0 amide bonds. The zero-order chi connectivity index (χ0) is 19.3. The predicted octanol–water partition coefficient (Wildman–Crippen LogP) is 3.92. The highest BCUT2D eigenvalue weighted by atomic mass is 16.1. The van der Waals surface area contributed by atoms with E-state index in [4.69, 9.17) is 5.26 Å². The van der Waals surface area contributed by atoms with Gasteiger partial charge in [0.2, 0.25) is 0 Å². The Morgan fingerprint density at radius 2 is 1.75 bits per heavy atom. The molecular weight excluding hydrogens is 350 g/mol. The highest BCUT2D eigenvalue weighted by Crippen LogP contribution is 2.25. The maximum absolute atomic E-state index is 12.1. The van der Waals surface area contributed by atoms with Crippen LogP contribution in [0.4, 0.5) is 0 Å². The lowest BCUT2D eigenvalue weighted by Crippen LogP contribution is -2.22. The molecule has 4 rings (SSSR count). The minimum Gasteiger partial charge on any atom is -0.268 e. The number of nitriles is 1. The molecule has 0 saturated carbocycles. The smallest absolute Gasteiger partial charge is 0.266 e. The van der Waals surface area contributed by atoms with Gasteiger partial charge in [-0.3, -0.25) is 4.79 Å². The molecule has 0 atom stereocenters. The molecule has 6 heteroatoms. The molecule has 3 aromatic heterocycles. The van der Waals surface area contributed by atoms with Crippen molar-refractivity contribution in [1.82, 2.24) is 19.4 Å². The Labute approximate surface area is 162 Å². The Hall–Kier alpha value is -3.72. The molecule has 1 aromatic carbocycles. The van der Waals surface area contributed by atoms with E-state index in [0.717, 1.165) is 40.9 Å². The molecule has 3 heterocycles. The fraction of sp³-hybridized carbons (Fsp3) is 0.182. The SMILES string of the molecule is N#CCCCCn1nc(-c2cccc(-c3cc4ccccn4n3)c2)ccc1=O. The van der Waals surface area contributed by atoms with Crippen LogP contribution in [0.5, 0.6) is 0 Å². The third-order valence-corrected chi connectivity index (χ3v) is 4.60. The highest BCUT2D eigenvalue weighted by Gasteiger charge is 2.08. The quantitative estimate of drug-likeness (QED) is 0.483. The van der Waals surface area contributed by atoms with E-state index in [0.29, 0.717) is 13.0 Å². The van der Waals surface area contributed by atoms with Gasteiger partial charge in [-0.15, -0.1) is 0 Å². The van der Waals surface area contributed by atoms with Crippen molar-refractivity contribution >= 4 is 5.52 Å². The molecule has 0 bridgehead atoms. The van der Waals surface area contributed by atoms with Gasteiger partial charge >= 0.3 is 0 Å². The van der Waals surface area contributed by atoms with Gasteiger partial charge in [0.1, 0.15) is 0 Å². The monoisotopic (exact) mass is 369 g/mol. The van der Waals surface area contributed by atoms with Crippen molar-refractivity contribution < 1.29 is 0 Å². The number of hydrogen-bond acceptors (Lipinski definition) is 4. The number of unbranched alkanes of at least 4 members (excludes halogenated alkanes) is 2. The van der Waals surface area contributed by atoms with Crippen LogP contribution in [-0.2, 0) is 6.54 Å². The third-order valence-electron chi connectivity index (χ3n) is 4.60. The average molecular weight is 369 g/mol. The minimum absolute atomic E-state index is 0.128. The molecule has 0 aliphatic heterocycles. The van der Waals surface area contributed by atoms with Crippen LogP contribution in [0, 0.1) is 11.3 Å². The topological polar surface area (TPSA) is 76.0 Å². The van der Waals surface area contributed by atoms with E-state index in [1.807, 2.05) is 59.2 Å². The summed E-state index contributed by atoms with van der Waals surface area (Å²) in [5.41, 5.74) is 4.46. The molecule has 0 spiro atoms. The standard InChI is InChI=1S/C22H19N5O/c23-12-3-1-4-14-27-22(28)11-10-20(24-27)17-7-6-8-18(15-17)21-16-19-9-2-5-13-26(19)25-21/h2,5-11,13,15-16H,1,3-4,14H2. The number of aryl methyl sites for hydroxylation is 1. The van der Waals surface area contributed by atoms with E-state index >= 15 is 0 Å². The second-order valence-electron chi connectivity index (χ2n) is 6.58. The van der Waals surface area contributed by atoms with Gasteiger partial charge in [-0.05, 0) is 43.2 Å². The molecule has 0 saturated heterocycles. The first-order chi connectivity index (χ1) is 13.7. The lowest BCUT2D eigenvalue weighted by atomic mass is 10.1. The molecule has 6 nitrogen and oxygen atoms in total. The summed E-state index contributed by atoms with van der Waals surface area (Å²) in [4.78, 5) is 12.1. The molecule has 0 fully saturated rings. The summed E-state index contributed by atoms with van der Waals surface area (Å²) in [6.45, 7) is 0.514. The Bertz CT molecular complexity index is 1180. The number of benzene rings is 1. The van der Waals surface area contributed by atoms with Gasteiger partial charge in [-0.25, -0.2) is 9.20 Å². The van der Waals surface area contributed by atoms with Crippen molar-refractivity contribution in [3.63, 3.8) is 0 Å². The second kappa shape index (κ2) is 7.89. The minimum atomic E-state index is -0.128. The van der Waals surface area contributed by atoms with Gasteiger partial charge < -0.3 is 0 Å². The Morgan fingerprint density at radius 1 is 0.893 bits per heavy atom. The number of rotatable bonds is 6. The van der Waals surface area contributed by atoms with Gasteiger partial charge in [0.25, 0.3) is 5.56 Å². The molecule has 0 unspecified atom stereocenters. The molecule has 28 heavy (non-hydrogen) atoms. The summed E-state index contributed by atoms with van der Waals surface area (Å²) < 4.78 is 3.33. The maximum Gasteiger partial charge on any atom is 0.266 e. The van der Waals surface area contributed by atoms with E-state index in [-0.39, 0.29) is 5.56 Å². The maximum atomic E-state index is 12.1. The van der Waals surface area contributed by atoms with Crippen LogP contribution in [0.1, 0.15) is 19.3 Å². The van der Waals surface area contributed by atoms with Gasteiger partial charge in [-0.2, -0.15) is 15.5 Å². The Morgan fingerprint density at radius 3 is 2.57 bits per heavy atom. The highest BCUT2D eigenvalue weighted by molar-refractivity contribution is 5.71. The zero-order valence-electron chi connectivity index (χ0n) is 15.3. The molecule has 4 aromatic rings. The summed E-state index contributed by atoms with van der Waals surface area (Å²) >= 11 is 0. The van der Waals surface area contributed by atoms with Crippen LogP contribution >= 0.6 is 0 Å². The number of fused-ring (bicyclic) bond motifs is 1. The molecule has 138 valence electrons. The fourth-order valence-electron chi connectivity index (χ4n) is 3.15. The average Bonchev–Trinajstić information content (AvgIpc) is 3.17. The van der Waals surface area contributed by atoms with Crippen molar-refractivity contribution in [2.75, 3.05) is 0 Å². The van der Waals surface area contributed by atoms with Crippen LogP contribution in [0.15, 0.2) is 71.7 Å². The molecule has 0 aliphatic carbocycles. The van der Waals surface area contributed by atoms with Crippen LogP contribution in [0.3, 0.4) is 0 Å². The summed E-state index contributed by atoms with van der Waals surface area (Å²) in [7, 11) is 0. The third kappa shape index (κ3) is 3.69. The van der Waals surface area contributed by atoms with Crippen molar-refractivity contribution in [3.8, 4) is 28.6 Å². The van der Waals surface area contributed by atoms with E-state index in [1.54, 1.807) is 12.1 Å². The number of hydrogen-bond donors (Lipinski definition) is 0. The van der Waals surface area contributed by atoms with Gasteiger partial charge in [0.05, 0.1) is 23.0 Å². The fourth-order valence-corrected chi connectivity index (χ4v) is 3.15. The molecule has 0 radical (unpaired) electrons. The zero-order valence-corrected chi connectivity index (χ0v) is 15.3. The van der Waals surface area contributed by atoms with Crippen LogP contribution in [0.25, 0.3) is 28.0 Å². The summed E-state index contributed by atoms with van der Waals surface area (Å²) in [5, 5.41) is 17.8. The Kier molecular flexibility index (Phi) is 4.98. The van der Waals surface area contributed by atoms with Crippen LogP contribution in [0.2, 0.25) is 0 Å². The van der Waals surface area contributed by atoms with Gasteiger partial charge in [0, 0.05) is 36.4 Å². The first-order valence-corrected chi connectivity index (χ1v) is 9.25. The Balaban J connectivity index is 1.64. The molecular formula is C22H19N5O. The number of pyridine rings is 1. The van der Waals surface area contributed by atoms with E-state index in [9.17, 15) is 4.79 Å². The summed E-state index contributed by atoms with van der Waals surface area (Å²) in [5.74, 6) is 0. The largest absolute Gasteiger partial charge is 0.268 e. The first-order valence-electron chi connectivity index (χ1n) is 9.25. The second-order valence-corrected chi connectivity index (χ2v) is 6.58. The van der Waals surface area contributed by atoms with Crippen molar-refractivity contribution in [2.45, 2.75) is 25.8 Å². The molecule has 0 aliphatic rings. The summed E-state index contributed by atoms with van der Waals surface area (Å²) in [6.07, 6.45) is 3.94. The van der Waals surface area contributed by atoms with Gasteiger partial charge in [-0.1, -0.05) is 24.3 Å². The summed E-state index contributed by atoms with van der Waals surface area (Å²) in [6, 6.07) is 21.4. The van der Waals surface area contributed by atoms with Crippen molar-refractivity contribution in [1.29, 1.82) is 5.26 Å². The lowest BCUT2D eigenvalue weighted by molar-refractivity contribution is 0.537. The number of nitrogens with zero attached hydrogens (tertiary/aromatic N) is 5. The first kappa shape index (κ1) is 17.7. The lowest BCUT2D eigenvalue weighted by Gasteiger charge is -2.07. The number of aromatic nitrogens is 4. The normalized spacial score (nSPS) is 10.8. The molecule has 0 N–H and O–H groups in total. The predicted molar refractivity (Wildman–Crippen MR) is 108 cm³/mol. The van der Waals surface area contributed by atoms with E-state index in [1.165, 1.54) is 4.68 Å². The van der Waals surface area contributed by atoms with Crippen molar-refractivity contribution in [2.24, 2.45) is 0 Å². The van der Waals surface area contributed by atoms with Crippen molar-refractivity contribution in [3.05, 3.63) is 77.2 Å². The van der Waals surface area contributed by atoms with Crippen LogP contribution in [-0.4, -0.2) is 19.4 Å². The van der Waals surface area contributed by atoms with E-state index < -0.39 is 0 Å².